The van der Waals surface area contributed by atoms with Crippen LogP contribution in [0.5, 0.6) is 5.75 Å². The van der Waals surface area contributed by atoms with Crippen molar-refractivity contribution < 1.29 is 9.13 Å². The normalized spacial score (nSPS) is 12.4. The molecule has 1 aromatic carbocycles. The van der Waals surface area contributed by atoms with Crippen molar-refractivity contribution in [2.24, 2.45) is 0 Å². The van der Waals surface area contributed by atoms with Gasteiger partial charge in [0.2, 0.25) is 0 Å². The van der Waals surface area contributed by atoms with Gasteiger partial charge in [0.1, 0.15) is 11.5 Å². The molecule has 20 heavy (non-hydrogen) atoms. The standard InChI is InChI=1S/C14H17BrFN3O/c1-4-19-14(11(20-3)8-18-19)13(17-2)9-6-5-7-10(15)12(9)16/h5-8,13,17H,4H2,1-3H3. The van der Waals surface area contributed by atoms with Gasteiger partial charge in [0.25, 0.3) is 0 Å². The minimum Gasteiger partial charge on any atom is -0.493 e. The SMILES string of the molecule is CCn1ncc(OC)c1C(NC)c1cccc(Br)c1F. The zero-order valence-corrected chi connectivity index (χ0v) is 13.2. The maximum Gasteiger partial charge on any atom is 0.161 e. The highest BCUT2D eigenvalue weighted by atomic mass is 79.9. The summed E-state index contributed by atoms with van der Waals surface area (Å²) in [5, 5.41) is 7.41. The fraction of sp³-hybridized carbons (Fsp3) is 0.357. The maximum atomic E-state index is 14.3. The van der Waals surface area contributed by atoms with E-state index in [2.05, 4.69) is 26.3 Å². The summed E-state index contributed by atoms with van der Waals surface area (Å²) in [6.45, 7) is 2.67. The third-order valence-corrected chi connectivity index (χ3v) is 3.83. The number of nitrogens with zero attached hydrogens (tertiary/aromatic N) is 2. The summed E-state index contributed by atoms with van der Waals surface area (Å²) in [7, 11) is 3.38. The molecule has 0 saturated heterocycles. The van der Waals surface area contributed by atoms with Crippen LogP contribution in [0.3, 0.4) is 0 Å². The van der Waals surface area contributed by atoms with E-state index in [9.17, 15) is 4.39 Å². The number of halogens is 2. The molecule has 4 nitrogen and oxygen atoms in total. The molecule has 1 heterocycles. The van der Waals surface area contributed by atoms with Crippen LogP contribution in [-0.4, -0.2) is 23.9 Å². The number of methoxy groups -OCH3 is 1. The van der Waals surface area contributed by atoms with E-state index in [1.165, 1.54) is 0 Å². The van der Waals surface area contributed by atoms with Crippen LogP contribution >= 0.6 is 15.9 Å². The van der Waals surface area contributed by atoms with E-state index < -0.39 is 0 Å². The zero-order chi connectivity index (χ0) is 14.7. The summed E-state index contributed by atoms with van der Waals surface area (Å²) in [4.78, 5) is 0. The lowest BCUT2D eigenvalue weighted by atomic mass is 10.0. The summed E-state index contributed by atoms with van der Waals surface area (Å²) >= 11 is 3.22. The fourth-order valence-corrected chi connectivity index (χ4v) is 2.64. The molecular formula is C14H17BrFN3O. The van der Waals surface area contributed by atoms with Gasteiger partial charge < -0.3 is 10.1 Å². The van der Waals surface area contributed by atoms with E-state index in [1.54, 1.807) is 37.2 Å². The Morgan fingerprint density at radius 3 is 2.85 bits per heavy atom. The molecule has 0 spiro atoms. The van der Waals surface area contributed by atoms with E-state index in [4.69, 9.17) is 4.74 Å². The number of ether oxygens (including phenoxy) is 1. The molecule has 0 aliphatic heterocycles. The molecule has 1 aromatic heterocycles. The number of nitrogens with one attached hydrogen (secondary N) is 1. The molecule has 0 amide bonds. The first-order chi connectivity index (χ1) is 9.63. The number of aryl methyl sites for hydroxylation is 1. The van der Waals surface area contributed by atoms with Gasteiger partial charge in [-0.05, 0) is 36.0 Å². The topological polar surface area (TPSA) is 39.1 Å². The highest BCUT2D eigenvalue weighted by Crippen LogP contribution is 2.33. The van der Waals surface area contributed by atoms with Crippen molar-refractivity contribution in [3.8, 4) is 5.75 Å². The van der Waals surface area contributed by atoms with Crippen molar-refractivity contribution in [3.63, 3.8) is 0 Å². The average Bonchev–Trinajstić information content (AvgIpc) is 2.87. The van der Waals surface area contributed by atoms with Crippen LogP contribution in [0.1, 0.15) is 24.2 Å². The molecule has 1 N–H and O–H groups in total. The Labute approximate surface area is 126 Å². The number of rotatable bonds is 5. The summed E-state index contributed by atoms with van der Waals surface area (Å²) in [6.07, 6.45) is 1.65. The lowest BCUT2D eigenvalue weighted by molar-refractivity contribution is 0.400. The van der Waals surface area contributed by atoms with E-state index in [1.807, 2.05) is 13.0 Å². The first-order valence-corrected chi connectivity index (χ1v) is 7.14. The first kappa shape index (κ1) is 15.0. The van der Waals surface area contributed by atoms with Crippen LogP contribution in [0, 0.1) is 5.82 Å². The van der Waals surface area contributed by atoms with Crippen molar-refractivity contribution in [2.75, 3.05) is 14.2 Å². The molecule has 0 aliphatic rings. The zero-order valence-electron chi connectivity index (χ0n) is 11.7. The first-order valence-electron chi connectivity index (χ1n) is 6.34. The molecule has 2 aromatic rings. The average molecular weight is 342 g/mol. The Morgan fingerprint density at radius 2 is 2.25 bits per heavy atom. The predicted molar refractivity (Wildman–Crippen MR) is 79.5 cm³/mol. The van der Waals surface area contributed by atoms with Crippen LogP contribution < -0.4 is 10.1 Å². The molecule has 0 bridgehead atoms. The number of benzene rings is 1. The second kappa shape index (κ2) is 6.37. The van der Waals surface area contributed by atoms with Gasteiger partial charge >= 0.3 is 0 Å². The third-order valence-electron chi connectivity index (χ3n) is 3.22. The molecule has 1 unspecified atom stereocenters. The minimum absolute atomic E-state index is 0.280. The molecule has 2 rings (SSSR count). The molecule has 0 fully saturated rings. The molecule has 6 heteroatoms. The summed E-state index contributed by atoms with van der Waals surface area (Å²) in [6, 6.07) is 4.92. The van der Waals surface area contributed by atoms with E-state index in [0.717, 1.165) is 5.69 Å². The van der Waals surface area contributed by atoms with Gasteiger partial charge in [0.15, 0.2) is 5.75 Å². The smallest absolute Gasteiger partial charge is 0.161 e. The lowest BCUT2D eigenvalue weighted by Crippen LogP contribution is -2.23. The minimum atomic E-state index is -0.329. The number of hydrogen-bond acceptors (Lipinski definition) is 3. The Hall–Kier alpha value is -1.40. The van der Waals surface area contributed by atoms with Gasteiger partial charge in [0, 0.05) is 12.1 Å². The van der Waals surface area contributed by atoms with E-state index in [-0.39, 0.29) is 11.9 Å². The van der Waals surface area contributed by atoms with Crippen molar-refractivity contribution in [2.45, 2.75) is 19.5 Å². The quantitative estimate of drug-likeness (QED) is 0.908. The monoisotopic (exact) mass is 341 g/mol. The van der Waals surface area contributed by atoms with Crippen molar-refractivity contribution in [3.05, 3.63) is 45.9 Å². The van der Waals surface area contributed by atoms with Gasteiger partial charge in [-0.25, -0.2) is 4.39 Å². The Balaban J connectivity index is 2.58. The largest absolute Gasteiger partial charge is 0.493 e. The molecular weight excluding hydrogens is 325 g/mol. The second-order valence-electron chi connectivity index (χ2n) is 4.28. The van der Waals surface area contributed by atoms with Crippen molar-refractivity contribution >= 4 is 15.9 Å². The maximum absolute atomic E-state index is 14.3. The van der Waals surface area contributed by atoms with Crippen LogP contribution in [0.25, 0.3) is 0 Å². The van der Waals surface area contributed by atoms with Crippen LogP contribution in [0.2, 0.25) is 0 Å². The van der Waals surface area contributed by atoms with Gasteiger partial charge in [-0.1, -0.05) is 12.1 Å². The molecule has 108 valence electrons. The highest BCUT2D eigenvalue weighted by Gasteiger charge is 2.25. The summed E-state index contributed by atoms with van der Waals surface area (Å²) < 4.78 is 21.9. The van der Waals surface area contributed by atoms with Crippen LogP contribution in [0.4, 0.5) is 4.39 Å². The molecule has 0 saturated carbocycles. The van der Waals surface area contributed by atoms with Crippen LogP contribution in [0.15, 0.2) is 28.9 Å². The summed E-state index contributed by atoms with van der Waals surface area (Å²) in [5.74, 6) is 0.364. The third kappa shape index (κ3) is 2.58. The van der Waals surface area contributed by atoms with Gasteiger partial charge in [0.05, 0.1) is 23.8 Å². The Bertz CT molecular complexity index is 579. The van der Waals surface area contributed by atoms with Gasteiger partial charge in [-0.2, -0.15) is 5.10 Å². The highest BCUT2D eigenvalue weighted by molar-refractivity contribution is 9.10. The number of aromatic nitrogens is 2. The predicted octanol–water partition coefficient (Wildman–Crippen LogP) is 3.12. The van der Waals surface area contributed by atoms with E-state index in [0.29, 0.717) is 22.3 Å². The number of hydrogen-bond donors (Lipinski definition) is 1. The second-order valence-corrected chi connectivity index (χ2v) is 5.13. The van der Waals surface area contributed by atoms with Crippen LogP contribution in [-0.2, 0) is 6.54 Å². The molecule has 0 radical (unpaired) electrons. The van der Waals surface area contributed by atoms with Gasteiger partial charge in [-0.3, -0.25) is 4.68 Å². The Kier molecular flexibility index (Phi) is 4.77. The molecule has 0 aliphatic carbocycles. The lowest BCUT2D eigenvalue weighted by Gasteiger charge is -2.20. The van der Waals surface area contributed by atoms with Gasteiger partial charge in [-0.15, -0.1) is 0 Å². The van der Waals surface area contributed by atoms with Crippen molar-refractivity contribution in [1.82, 2.24) is 15.1 Å². The summed E-state index contributed by atoms with van der Waals surface area (Å²) in [5.41, 5.74) is 1.37. The fourth-order valence-electron chi connectivity index (χ4n) is 2.26. The van der Waals surface area contributed by atoms with E-state index >= 15 is 0 Å². The molecule has 1 atom stereocenters. The Morgan fingerprint density at radius 1 is 1.50 bits per heavy atom. The van der Waals surface area contributed by atoms with Crippen molar-refractivity contribution in [1.29, 1.82) is 0 Å².